The average Bonchev–Trinajstić information content (AvgIpc) is 3.48. The van der Waals surface area contributed by atoms with Gasteiger partial charge < -0.3 is 10.6 Å². The molecule has 0 aliphatic heterocycles. The van der Waals surface area contributed by atoms with Crippen molar-refractivity contribution < 1.29 is 13.6 Å². The van der Waals surface area contributed by atoms with Gasteiger partial charge in [0.2, 0.25) is 0 Å². The molecule has 3 heterocycles. The van der Waals surface area contributed by atoms with Gasteiger partial charge in [0.25, 0.3) is 11.5 Å². The van der Waals surface area contributed by atoms with Crippen molar-refractivity contribution in [1.29, 1.82) is 0 Å². The fourth-order valence-electron chi connectivity index (χ4n) is 3.95. The van der Waals surface area contributed by atoms with E-state index in [-0.39, 0.29) is 18.7 Å². The van der Waals surface area contributed by atoms with Gasteiger partial charge in [0, 0.05) is 28.6 Å². The molecular formula is C29H22F2N6O2S. The van der Waals surface area contributed by atoms with E-state index < -0.39 is 23.1 Å². The number of nitrogens with zero attached hydrogens (tertiary/aromatic N) is 4. The first-order valence-corrected chi connectivity index (χ1v) is 13.1. The number of hydrogen-bond acceptors (Lipinski definition) is 7. The lowest BCUT2D eigenvalue weighted by molar-refractivity contribution is 0.0956. The van der Waals surface area contributed by atoms with Crippen LogP contribution in [0, 0.1) is 23.5 Å². The van der Waals surface area contributed by atoms with Crippen LogP contribution in [0.5, 0.6) is 0 Å². The van der Waals surface area contributed by atoms with Crippen molar-refractivity contribution in [2.24, 2.45) is 0 Å². The van der Waals surface area contributed by atoms with Gasteiger partial charge in [0.1, 0.15) is 17.7 Å². The van der Waals surface area contributed by atoms with Crippen LogP contribution in [0.15, 0.2) is 77.6 Å². The van der Waals surface area contributed by atoms with Crippen LogP contribution >= 0.6 is 11.3 Å². The Morgan fingerprint density at radius 3 is 2.80 bits per heavy atom. The normalized spacial score (nSPS) is 10.7. The monoisotopic (exact) mass is 556 g/mol. The van der Waals surface area contributed by atoms with Crippen LogP contribution in [0.4, 0.5) is 14.6 Å². The molecule has 0 spiro atoms. The van der Waals surface area contributed by atoms with Crippen LogP contribution in [0.25, 0.3) is 10.9 Å². The van der Waals surface area contributed by atoms with E-state index in [1.54, 1.807) is 11.3 Å². The summed E-state index contributed by atoms with van der Waals surface area (Å²) in [5, 5.41) is 8.84. The number of aromatic nitrogens is 4. The maximum atomic E-state index is 13.5. The molecule has 0 saturated carbocycles. The second kappa shape index (κ2) is 12.3. The number of nitrogens with one attached hydrogen (secondary N) is 2. The van der Waals surface area contributed by atoms with Crippen LogP contribution in [0.1, 0.15) is 26.4 Å². The van der Waals surface area contributed by atoms with Crippen molar-refractivity contribution in [2.45, 2.75) is 13.0 Å². The Morgan fingerprint density at radius 2 is 1.98 bits per heavy atom. The van der Waals surface area contributed by atoms with E-state index in [9.17, 15) is 18.4 Å². The highest BCUT2D eigenvalue weighted by molar-refractivity contribution is 7.09. The Balaban J connectivity index is 1.22. The molecule has 3 aromatic heterocycles. The Hall–Kier alpha value is -4.95. The molecule has 0 atom stereocenters. The number of rotatable bonds is 8. The lowest BCUT2D eigenvalue weighted by atomic mass is 10.1. The molecular weight excluding hydrogens is 534 g/mol. The first kappa shape index (κ1) is 26.6. The number of halogens is 2. The molecule has 8 nitrogen and oxygen atoms in total. The summed E-state index contributed by atoms with van der Waals surface area (Å²) in [5.74, 6) is 3.96. The molecule has 0 radical (unpaired) electrons. The zero-order valence-electron chi connectivity index (χ0n) is 21.0. The van der Waals surface area contributed by atoms with Crippen LogP contribution in [0.3, 0.4) is 0 Å². The SMILES string of the molecule is O=C(NCC#Cc1ccc2ncnc(NCCc3cccs3)c2c1)c1cncn(Cc2ccc(F)c(F)c2)c1=O. The molecule has 5 aromatic rings. The van der Waals surface area contributed by atoms with E-state index in [2.05, 4.69) is 48.9 Å². The summed E-state index contributed by atoms with van der Waals surface area (Å²) < 4.78 is 27.9. The molecule has 5 rings (SSSR count). The number of hydrogen-bond donors (Lipinski definition) is 2. The molecule has 2 aromatic carbocycles. The van der Waals surface area contributed by atoms with Gasteiger partial charge in [-0.3, -0.25) is 14.2 Å². The molecule has 0 saturated heterocycles. The molecule has 0 fully saturated rings. The lowest BCUT2D eigenvalue weighted by Gasteiger charge is -2.08. The van der Waals surface area contributed by atoms with E-state index in [1.165, 1.54) is 23.6 Å². The van der Waals surface area contributed by atoms with Crippen molar-refractivity contribution in [3.05, 3.63) is 116 Å². The van der Waals surface area contributed by atoms with Gasteiger partial charge in [0.05, 0.1) is 24.9 Å². The number of amides is 1. The second-order valence-electron chi connectivity index (χ2n) is 8.68. The largest absolute Gasteiger partial charge is 0.369 e. The molecule has 0 aliphatic carbocycles. The fourth-order valence-corrected chi connectivity index (χ4v) is 4.66. The first-order chi connectivity index (χ1) is 19.5. The highest BCUT2D eigenvalue weighted by atomic mass is 32.1. The molecule has 0 aliphatic rings. The quantitative estimate of drug-likeness (QED) is 0.280. The van der Waals surface area contributed by atoms with Gasteiger partial charge in [-0.25, -0.2) is 23.7 Å². The Bertz CT molecular complexity index is 1790. The minimum atomic E-state index is -1.02. The van der Waals surface area contributed by atoms with Crippen molar-refractivity contribution in [3.8, 4) is 11.8 Å². The van der Waals surface area contributed by atoms with E-state index in [4.69, 9.17) is 0 Å². The van der Waals surface area contributed by atoms with Gasteiger partial charge in [0.15, 0.2) is 11.6 Å². The summed E-state index contributed by atoms with van der Waals surface area (Å²) >= 11 is 1.71. The standard InChI is InChI=1S/C29H22F2N6O2S/c30-24-7-5-20(14-25(24)31)16-37-18-32-15-23(29(37)39)28(38)34-10-1-3-19-6-8-26-22(13-19)27(36-17-35-26)33-11-9-21-4-2-12-40-21/h2,4-8,12-15,17-18H,9-11,16H2,(H,34,38)(H,33,35,36). The van der Waals surface area contributed by atoms with Crippen molar-refractivity contribution in [2.75, 3.05) is 18.4 Å². The topological polar surface area (TPSA) is 102 Å². The maximum absolute atomic E-state index is 13.5. The van der Waals surface area contributed by atoms with Crippen LogP contribution in [0.2, 0.25) is 0 Å². The minimum absolute atomic E-state index is 0.00834. The van der Waals surface area contributed by atoms with Crippen LogP contribution in [-0.2, 0) is 13.0 Å². The molecule has 11 heteroatoms. The predicted molar refractivity (Wildman–Crippen MR) is 149 cm³/mol. The fraction of sp³-hybridized carbons (Fsp3) is 0.138. The average molecular weight is 557 g/mol. The third-order valence-corrected chi connectivity index (χ3v) is 6.87. The number of fused-ring (bicyclic) bond motifs is 1. The summed E-state index contributed by atoms with van der Waals surface area (Å²) in [4.78, 5) is 39.3. The Morgan fingerprint density at radius 1 is 1.07 bits per heavy atom. The van der Waals surface area contributed by atoms with Gasteiger partial charge in [-0.1, -0.05) is 24.0 Å². The predicted octanol–water partition coefficient (Wildman–Crippen LogP) is 4.01. The van der Waals surface area contributed by atoms with E-state index in [0.29, 0.717) is 11.1 Å². The molecule has 0 bridgehead atoms. The van der Waals surface area contributed by atoms with Crippen LogP contribution < -0.4 is 16.2 Å². The van der Waals surface area contributed by atoms with Crippen molar-refractivity contribution in [3.63, 3.8) is 0 Å². The van der Waals surface area contributed by atoms with E-state index >= 15 is 0 Å². The maximum Gasteiger partial charge on any atom is 0.266 e. The summed E-state index contributed by atoms with van der Waals surface area (Å²) in [5.41, 5.74) is 1.05. The summed E-state index contributed by atoms with van der Waals surface area (Å²) in [7, 11) is 0. The number of carbonyl (C=O) groups is 1. The summed E-state index contributed by atoms with van der Waals surface area (Å²) in [6.45, 7) is 0.650. The number of anilines is 1. The smallest absolute Gasteiger partial charge is 0.266 e. The lowest BCUT2D eigenvalue weighted by Crippen LogP contribution is -2.33. The van der Waals surface area contributed by atoms with Gasteiger partial charge in [-0.2, -0.15) is 0 Å². The molecule has 2 N–H and O–H groups in total. The van der Waals surface area contributed by atoms with E-state index in [0.717, 1.165) is 52.6 Å². The summed E-state index contributed by atoms with van der Waals surface area (Å²) in [6, 6.07) is 13.0. The third-order valence-electron chi connectivity index (χ3n) is 5.93. The zero-order valence-corrected chi connectivity index (χ0v) is 21.8. The highest BCUT2D eigenvalue weighted by Crippen LogP contribution is 2.21. The van der Waals surface area contributed by atoms with Crippen molar-refractivity contribution in [1.82, 2.24) is 24.8 Å². The first-order valence-electron chi connectivity index (χ1n) is 12.2. The van der Waals surface area contributed by atoms with E-state index in [1.807, 2.05) is 24.3 Å². The van der Waals surface area contributed by atoms with Crippen molar-refractivity contribution >= 4 is 34.0 Å². The van der Waals surface area contributed by atoms with Gasteiger partial charge in [-0.05, 0) is 53.8 Å². The Labute approximate surface area is 231 Å². The highest BCUT2D eigenvalue weighted by Gasteiger charge is 2.13. The number of carbonyl (C=O) groups excluding carboxylic acids is 1. The van der Waals surface area contributed by atoms with Gasteiger partial charge >= 0.3 is 0 Å². The second-order valence-corrected chi connectivity index (χ2v) is 9.72. The number of thiophene rings is 1. The molecule has 40 heavy (non-hydrogen) atoms. The third kappa shape index (κ3) is 6.36. The molecule has 0 unspecified atom stereocenters. The zero-order chi connectivity index (χ0) is 27.9. The number of benzene rings is 2. The molecule has 1 amide bonds. The van der Waals surface area contributed by atoms with Crippen LogP contribution in [-0.4, -0.2) is 38.5 Å². The minimum Gasteiger partial charge on any atom is -0.369 e. The Kier molecular flexibility index (Phi) is 8.18. The summed E-state index contributed by atoms with van der Waals surface area (Å²) in [6.07, 6.45) is 4.79. The molecule has 200 valence electrons. The van der Waals surface area contributed by atoms with Gasteiger partial charge in [-0.15, -0.1) is 11.3 Å².